The summed E-state index contributed by atoms with van der Waals surface area (Å²) < 4.78 is 0. The van der Waals surface area contributed by atoms with Crippen molar-refractivity contribution in [1.82, 2.24) is 9.80 Å². The van der Waals surface area contributed by atoms with Gasteiger partial charge in [0.1, 0.15) is 5.75 Å². The summed E-state index contributed by atoms with van der Waals surface area (Å²) in [5.74, 6) is 0.950. The minimum absolute atomic E-state index is 0.351. The average molecular weight is 332 g/mol. The second-order valence-electron chi connectivity index (χ2n) is 7.77. The predicted octanol–water partition coefficient (Wildman–Crippen LogP) is 2.68. The average Bonchev–Trinajstić information content (AvgIpc) is 2.60. The number of piperidine rings is 2. The molecule has 0 aliphatic carbocycles. The molecule has 134 valence electrons. The number of hydrogen-bond donors (Lipinski definition) is 2. The van der Waals surface area contributed by atoms with Crippen molar-refractivity contribution >= 4 is 0 Å². The summed E-state index contributed by atoms with van der Waals surface area (Å²) in [5, 5.41) is 19.3. The quantitative estimate of drug-likeness (QED) is 0.890. The number of hydrogen-bond acceptors (Lipinski definition) is 4. The van der Waals surface area contributed by atoms with E-state index in [9.17, 15) is 10.2 Å². The second-order valence-corrected chi connectivity index (χ2v) is 7.77. The van der Waals surface area contributed by atoms with Crippen molar-refractivity contribution < 1.29 is 10.2 Å². The molecule has 3 rings (SSSR count). The third-order valence-electron chi connectivity index (χ3n) is 5.86. The Morgan fingerprint density at radius 3 is 2.33 bits per heavy atom. The fraction of sp³-hybridized carbons (Fsp3) is 0.700. The van der Waals surface area contributed by atoms with E-state index in [0.717, 1.165) is 50.1 Å². The summed E-state index contributed by atoms with van der Waals surface area (Å²) in [5.41, 5.74) is 3.26. The van der Waals surface area contributed by atoms with Gasteiger partial charge in [0, 0.05) is 25.7 Å². The number of aryl methyl sites for hydroxylation is 2. The molecule has 2 fully saturated rings. The lowest BCUT2D eigenvalue weighted by Gasteiger charge is -2.42. The van der Waals surface area contributed by atoms with E-state index < -0.39 is 0 Å². The van der Waals surface area contributed by atoms with Crippen LogP contribution in [0.3, 0.4) is 0 Å². The molecule has 0 amide bonds. The molecule has 0 aromatic heterocycles. The van der Waals surface area contributed by atoms with Crippen molar-refractivity contribution in [3.8, 4) is 5.75 Å². The van der Waals surface area contributed by atoms with Crippen molar-refractivity contribution in [2.45, 2.75) is 52.1 Å². The highest BCUT2D eigenvalue weighted by atomic mass is 16.3. The van der Waals surface area contributed by atoms with E-state index in [-0.39, 0.29) is 0 Å². The summed E-state index contributed by atoms with van der Waals surface area (Å²) >= 11 is 0. The maximum absolute atomic E-state index is 9.95. The van der Waals surface area contributed by atoms with Crippen LogP contribution in [0.5, 0.6) is 5.75 Å². The minimum Gasteiger partial charge on any atom is -0.507 e. The largest absolute Gasteiger partial charge is 0.507 e. The first-order valence-electron chi connectivity index (χ1n) is 9.43. The van der Waals surface area contributed by atoms with Crippen LogP contribution in [0.2, 0.25) is 0 Å². The fourth-order valence-electron chi connectivity index (χ4n) is 4.37. The molecule has 2 saturated heterocycles. The van der Waals surface area contributed by atoms with Crippen molar-refractivity contribution in [3.05, 3.63) is 28.8 Å². The molecule has 1 aromatic carbocycles. The van der Waals surface area contributed by atoms with Crippen LogP contribution in [0.15, 0.2) is 12.1 Å². The van der Waals surface area contributed by atoms with Gasteiger partial charge in [-0.05, 0) is 81.8 Å². The van der Waals surface area contributed by atoms with Gasteiger partial charge in [-0.25, -0.2) is 0 Å². The van der Waals surface area contributed by atoms with Gasteiger partial charge in [0.05, 0.1) is 0 Å². The molecule has 4 nitrogen and oxygen atoms in total. The molecule has 1 aromatic rings. The monoisotopic (exact) mass is 332 g/mol. The Morgan fingerprint density at radius 1 is 1.04 bits per heavy atom. The van der Waals surface area contributed by atoms with Crippen molar-refractivity contribution in [1.29, 1.82) is 0 Å². The van der Waals surface area contributed by atoms with Crippen LogP contribution in [-0.4, -0.2) is 58.8 Å². The zero-order valence-corrected chi connectivity index (χ0v) is 15.2. The Balaban J connectivity index is 1.58. The number of phenolic OH excluding ortho intramolecular Hbond substituents is 1. The van der Waals surface area contributed by atoms with E-state index in [4.69, 9.17) is 0 Å². The molecule has 0 bridgehead atoms. The van der Waals surface area contributed by atoms with Gasteiger partial charge in [-0.1, -0.05) is 12.1 Å². The molecular formula is C20H32N2O2. The Morgan fingerprint density at radius 2 is 1.71 bits per heavy atom. The molecule has 2 N–H and O–H groups in total. The second kappa shape index (κ2) is 7.85. The molecule has 0 saturated carbocycles. The highest BCUT2D eigenvalue weighted by molar-refractivity contribution is 5.42. The molecule has 0 radical (unpaired) electrons. The highest BCUT2D eigenvalue weighted by Crippen LogP contribution is 2.26. The van der Waals surface area contributed by atoms with Gasteiger partial charge in [-0.15, -0.1) is 0 Å². The summed E-state index contributed by atoms with van der Waals surface area (Å²) in [7, 11) is 0. The smallest absolute Gasteiger partial charge is 0.121 e. The van der Waals surface area contributed by atoms with Crippen LogP contribution in [0.4, 0.5) is 0 Å². The topological polar surface area (TPSA) is 46.9 Å². The predicted molar refractivity (Wildman–Crippen MR) is 97.3 cm³/mol. The molecular weight excluding hydrogens is 300 g/mol. The van der Waals surface area contributed by atoms with Gasteiger partial charge in [0.2, 0.25) is 0 Å². The van der Waals surface area contributed by atoms with E-state index in [0.29, 0.717) is 24.3 Å². The molecule has 0 spiro atoms. The summed E-state index contributed by atoms with van der Waals surface area (Å²) in [4.78, 5) is 5.21. The zero-order chi connectivity index (χ0) is 17.1. The molecule has 2 aliphatic rings. The first kappa shape index (κ1) is 17.7. The first-order chi connectivity index (χ1) is 11.6. The molecule has 24 heavy (non-hydrogen) atoms. The van der Waals surface area contributed by atoms with Crippen LogP contribution in [0.1, 0.15) is 42.4 Å². The third kappa shape index (κ3) is 4.11. The Labute approximate surface area is 146 Å². The van der Waals surface area contributed by atoms with E-state index in [2.05, 4.69) is 21.9 Å². The van der Waals surface area contributed by atoms with Gasteiger partial charge < -0.3 is 10.2 Å². The van der Waals surface area contributed by atoms with Gasteiger partial charge in [-0.2, -0.15) is 0 Å². The molecule has 4 heteroatoms. The third-order valence-corrected chi connectivity index (χ3v) is 5.86. The molecule has 2 aliphatic heterocycles. The van der Waals surface area contributed by atoms with Crippen molar-refractivity contribution in [2.24, 2.45) is 5.92 Å². The number of rotatable bonds is 4. The lowest BCUT2D eigenvalue weighted by molar-refractivity contribution is 0.0544. The summed E-state index contributed by atoms with van der Waals surface area (Å²) in [6.07, 6.45) is 4.85. The number of aliphatic hydroxyl groups excluding tert-OH is 1. The lowest BCUT2D eigenvalue weighted by atomic mass is 9.94. The van der Waals surface area contributed by atoms with Crippen molar-refractivity contribution in [3.63, 3.8) is 0 Å². The SMILES string of the molecule is Cc1cc(CN2CCCC(N3CCC(CO)CC3)C2)cc(C)c1O. The number of likely N-dealkylation sites (tertiary alicyclic amines) is 2. The normalized spacial score (nSPS) is 24.4. The van der Waals surface area contributed by atoms with Gasteiger partial charge >= 0.3 is 0 Å². The van der Waals surface area contributed by atoms with E-state index in [1.807, 2.05) is 13.8 Å². The van der Waals surface area contributed by atoms with Crippen LogP contribution in [-0.2, 0) is 6.54 Å². The highest BCUT2D eigenvalue weighted by Gasteiger charge is 2.28. The Bertz CT molecular complexity index is 530. The van der Waals surface area contributed by atoms with Crippen LogP contribution in [0.25, 0.3) is 0 Å². The standard InChI is InChI=1S/C20H32N2O2/c1-15-10-18(11-16(2)20(15)24)12-21-7-3-4-19(13-21)22-8-5-17(14-23)6-9-22/h10-11,17,19,23-24H,3-9,12-14H2,1-2H3. The van der Waals surface area contributed by atoms with E-state index in [1.165, 1.54) is 24.9 Å². The van der Waals surface area contributed by atoms with Gasteiger partial charge in [-0.3, -0.25) is 9.80 Å². The van der Waals surface area contributed by atoms with E-state index in [1.54, 1.807) is 0 Å². The molecule has 1 unspecified atom stereocenters. The van der Waals surface area contributed by atoms with Gasteiger partial charge in [0.25, 0.3) is 0 Å². The van der Waals surface area contributed by atoms with Crippen LogP contribution < -0.4 is 0 Å². The number of benzene rings is 1. The maximum atomic E-state index is 9.95. The number of nitrogens with zero attached hydrogens (tertiary/aromatic N) is 2. The van der Waals surface area contributed by atoms with E-state index >= 15 is 0 Å². The van der Waals surface area contributed by atoms with Crippen LogP contribution >= 0.6 is 0 Å². The number of aliphatic hydroxyl groups is 1. The first-order valence-corrected chi connectivity index (χ1v) is 9.43. The summed E-state index contributed by atoms with van der Waals surface area (Å²) in [6, 6.07) is 4.91. The Hall–Kier alpha value is -1.10. The number of phenols is 1. The number of aromatic hydroxyl groups is 1. The van der Waals surface area contributed by atoms with Crippen molar-refractivity contribution in [2.75, 3.05) is 32.8 Å². The lowest BCUT2D eigenvalue weighted by Crippen LogP contribution is -2.50. The summed E-state index contributed by atoms with van der Waals surface area (Å²) in [6.45, 7) is 9.88. The van der Waals surface area contributed by atoms with Crippen LogP contribution in [0, 0.1) is 19.8 Å². The van der Waals surface area contributed by atoms with Gasteiger partial charge in [0.15, 0.2) is 0 Å². The maximum Gasteiger partial charge on any atom is 0.121 e. The fourth-order valence-corrected chi connectivity index (χ4v) is 4.37. The molecule has 2 heterocycles. The minimum atomic E-state index is 0.351. The zero-order valence-electron chi connectivity index (χ0n) is 15.2. The Kier molecular flexibility index (Phi) is 5.80. The molecule has 1 atom stereocenters.